The van der Waals surface area contributed by atoms with Gasteiger partial charge in [-0.3, -0.25) is 4.79 Å². The Labute approximate surface area is 139 Å². The van der Waals surface area contributed by atoms with E-state index in [2.05, 4.69) is 0 Å². The van der Waals surface area contributed by atoms with Crippen molar-refractivity contribution in [3.8, 4) is 0 Å². The molecule has 0 aliphatic rings. The van der Waals surface area contributed by atoms with Crippen LogP contribution < -0.4 is 34.7 Å². The predicted octanol–water partition coefficient (Wildman–Crippen LogP) is -2.14. The van der Waals surface area contributed by atoms with Gasteiger partial charge in [-0.1, -0.05) is 29.8 Å². The van der Waals surface area contributed by atoms with Crippen molar-refractivity contribution in [3.63, 3.8) is 0 Å². The molecule has 5 heteroatoms. The van der Waals surface area contributed by atoms with E-state index in [4.69, 9.17) is 0 Å². The molecule has 20 heavy (non-hydrogen) atoms. The molecule has 1 heterocycles. The number of carbonyl (C=O) groups excluding carboxylic acids is 2. The van der Waals surface area contributed by atoms with E-state index >= 15 is 0 Å². The minimum atomic E-state index is -1.19. The number of carboxylic acids is 1. The van der Waals surface area contributed by atoms with E-state index in [1.54, 1.807) is 36.0 Å². The van der Waals surface area contributed by atoms with Crippen LogP contribution in [0.25, 0.3) is 0 Å². The second-order valence-electron chi connectivity index (χ2n) is 4.53. The molecule has 0 radical (unpaired) electrons. The number of aromatic nitrogens is 1. The zero-order chi connectivity index (χ0) is 14.0. The molecule has 0 unspecified atom stereocenters. The largest absolute Gasteiger partial charge is 1.00 e. The first-order chi connectivity index (χ1) is 8.99. The van der Waals surface area contributed by atoms with Crippen LogP contribution in [0.1, 0.15) is 27.2 Å². The first-order valence-electron chi connectivity index (χ1n) is 5.94. The van der Waals surface area contributed by atoms with Crippen LogP contribution >= 0.6 is 0 Å². The number of carboxylic acid groups (broad SMARTS) is 1. The number of hydrogen-bond donors (Lipinski definition) is 0. The van der Waals surface area contributed by atoms with Gasteiger partial charge in [0.2, 0.25) is 0 Å². The maximum Gasteiger partial charge on any atom is 1.00 e. The van der Waals surface area contributed by atoms with E-state index in [1.807, 2.05) is 19.1 Å². The second-order valence-corrected chi connectivity index (χ2v) is 4.53. The van der Waals surface area contributed by atoms with Crippen molar-refractivity contribution >= 4 is 11.8 Å². The summed E-state index contributed by atoms with van der Waals surface area (Å²) in [6, 6.07) is 8.84. The fourth-order valence-electron chi connectivity index (χ4n) is 1.99. The Morgan fingerprint density at radius 1 is 1.15 bits per heavy atom. The average molecular weight is 279 g/mol. The summed E-state index contributed by atoms with van der Waals surface area (Å²) in [5, 5.41) is 10.7. The van der Waals surface area contributed by atoms with Gasteiger partial charge in [-0.05, 0) is 13.0 Å². The van der Waals surface area contributed by atoms with Crippen molar-refractivity contribution < 1.29 is 44.3 Å². The van der Waals surface area contributed by atoms with E-state index in [0.717, 1.165) is 5.56 Å². The zero-order valence-electron chi connectivity index (χ0n) is 11.8. The van der Waals surface area contributed by atoms with Gasteiger partial charge in [0.1, 0.15) is 0 Å². The van der Waals surface area contributed by atoms with E-state index in [1.165, 1.54) is 0 Å². The van der Waals surface area contributed by atoms with Gasteiger partial charge in [0.05, 0.1) is 0 Å². The summed E-state index contributed by atoms with van der Waals surface area (Å²) in [6.45, 7) is 1.94. The molecule has 0 bridgehead atoms. The van der Waals surface area contributed by atoms with Crippen molar-refractivity contribution in [2.24, 2.45) is 7.05 Å². The Morgan fingerprint density at radius 2 is 1.75 bits per heavy atom. The zero-order valence-corrected chi connectivity index (χ0v) is 13.8. The first kappa shape index (κ1) is 16.7. The van der Waals surface area contributed by atoms with Crippen LogP contribution in [0, 0.1) is 6.92 Å². The first-order valence-corrected chi connectivity index (χ1v) is 5.94. The molecule has 0 atom stereocenters. The molecular formula is C15H14NNaO3. The summed E-state index contributed by atoms with van der Waals surface area (Å²) in [4.78, 5) is 23.1. The molecule has 0 aliphatic heterocycles. The molecule has 2 rings (SSSR count). The summed E-state index contributed by atoms with van der Waals surface area (Å²) in [7, 11) is 1.71. The molecular weight excluding hydrogens is 265 g/mol. The molecule has 4 nitrogen and oxygen atoms in total. The summed E-state index contributed by atoms with van der Waals surface area (Å²) >= 11 is 0. The molecule has 0 saturated heterocycles. The molecule has 0 N–H and O–H groups in total. The monoisotopic (exact) mass is 279 g/mol. The molecule has 0 spiro atoms. The van der Waals surface area contributed by atoms with E-state index in [-0.39, 0.29) is 41.8 Å². The number of aliphatic carboxylic acids is 1. The van der Waals surface area contributed by atoms with Gasteiger partial charge >= 0.3 is 29.6 Å². The minimum absolute atomic E-state index is 0. The number of ketones is 1. The third-order valence-corrected chi connectivity index (χ3v) is 3.07. The predicted molar refractivity (Wildman–Crippen MR) is 68.7 cm³/mol. The fraction of sp³-hybridized carbons (Fsp3) is 0.200. The Morgan fingerprint density at radius 3 is 2.30 bits per heavy atom. The normalized spacial score (nSPS) is 9.90. The molecule has 0 fully saturated rings. The van der Waals surface area contributed by atoms with Gasteiger partial charge < -0.3 is 14.5 Å². The Bertz CT molecular complexity index is 629. The summed E-state index contributed by atoms with van der Waals surface area (Å²) in [5.74, 6) is -1.36. The van der Waals surface area contributed by atoms with Crippen molar-refractivity contribution in [3.05, 3.63) is 58.9 Å². The van der Waals surface area contributed by atoms with Crippen LogP contribution in [0.4, 0.5) is 0 Å². The SMILES string of the molecule is Cc1ccc(C(=O)c2ccn(C)c2CC(=O)[O-])cc1.[Na+]. The van der Waals surface area contributed by atoms with Crippen LogP contribution in [-0.4, -0.2) is 16.3 Å². The summed E-state index contributed by atoms with van der Waals surface area (Å²) in [6.07, 6.45) is 1.41. The average Bonchev–Trinajstić information content (AvgIpc) is 2.71. The van der Waals surface area contributed by atoms with Gasteiger partial charge in [-0.25, -0.2) is 0 Å². The van der Waals surface area contributed by atoms with E-state index in [9.17, 15) is 14.7 Å². The third-order valence-electron chi connectivity index (χ3n) is 3.07. The summed E-state index contributed by atoms with van der Waals surface area (Å²) in [5.41, 5.74) is 2.50. The van der Waals surface area contributed by atoms with Crippen LogP contribution in [0.2, 0.25) is 0 Å². The quantitative estimate of drug-likeness (QED) is 0.474. The van der Waals surface area contributed by atoms with Crippen LogP contribution in [0.3, 0.4) is 0 Å². The Kier molecular flexibility index (Phi) is 5.74. The van der Waals surface area contributed by atoms with Crippen LogP contribution in [0.5, 0.6) is 0 Å². The molecule has 1 aromatic heterocycles. The van der Waals surface area contributed by atoms with Gasteiger partial charge in [0.15, 0.2) is 5.78 Å². The molecule has 0 saturated carbocycles. The minimum Gasteiger partial charge on any atom is -0.550 e. The van der Waals surface area contributed by atoms with E-state index < -0.39 is 5.97 Å². The van der Waals surface area contributed by atoms with Crippen molar-refractivity contribution in [2.75, 3.05) is 0 Å². The molecule has 2 aromatic rings. The van der Waals surface area contributed by atoms with Gasteiger partial charge in [0, 0.05) is 42.5 Å². The maximum absolute atomic E-state index is 12.3. The number of carbonyl (C=O) groups is 2. The number of benzene rings is 1. The molecule has 0 aliphatic carbocycles. The van der Waals surface area contributed by atoms with Gasteiger partial charge in [0.25, 0.3) is 0 Å². The smallest absolute Gasteiger partial charge is 0.550 e. The fourth-order valence-corrected chi connectivity index (χ4v) is 1.99. The van der Waals surface area contributed by atoms with Gasteiger partial charge in [-0.15, -0.1) is 0 Å². The van der Waals surface area contributed by atoms with Crippen LogP contribution in [-0.2, 0) is 18.3 Å². The van der Waals surface area contributed by atoms with Crippen molar-refractivity contribution in [2.45, 2.75) is 13.3 Å². The van der Waals surface area contributed by atoms with Crippen molar-refractivity contribution in [1.29, 1.82) is 0 Å². The number of aryl methyl sites for hydroxylation is 2. The number of nitrogens with zero attached hydrogens (tertiary/aromatic N) is 1. The Balaban J connectivity index is 0.00000200. The van der Waals surface area contributed by atoms with Gasteiger partial charge in [-0.2, -0.15) is 0 Å². The van der Waals surface area contributed by atoms with E-state index in [0.29, 0.717) is 16.8 Å². The second kappa shape index (κ2) is 6.88. The molecule has 98 valence electrons. The maximum atomic E-state index is 12.3. The molecule has 0 amide bonds. The third kappa shape index (κ3) is 3.60. The standard InChI is InChI=1S/C15H15NO3.Na/c1-10-3-5-11(6-4-10)15(19)12-7-8-16(2)13(12)9-14(17)18;/h3-8H,9H2,1-2H3,(H,17,18);/q;+1/p-1. The topological polar surface area (TPSA) is 62.1 Å². The van der Waals surface area contributed by atoms with Crippen molar-refractivity contribution in [1.82, 2.24) is 4.57 Å². The number of rotatable bonds is 4. The Hall–Kier alpha value is -1.36. The summed E-state index contributed by atoms with van der Waals surface area (Å²) < 4.78 is 1.64. The molecule has 1 aromatic carbocycles. The number of hydrogen-bond acceptors (Lipinski definition) is 3. The van der Waals surface area contributed by atoms with Crippen LogP contribution in [0.15, 0.2) is 36.5 Å².